The molecule has 0 unspecified atom stereocenters. The third-order valence-corrected chi connectivity index (χ3v) is 5.64. The van der Waals surface area contributed by atoms with Gasteiger partial charge in [-0.1, -0.05) is 17.8 Å². The number of nitrogens with one attached hydrogen (secondary N) is 2. The SMILES string of the molecule is C=CCn1c(COc2ccc(F)cc2)nnc1SCC(=O)NC(=O)Nc1ccc2c(c1)OCCO2. The number of aromatic nitrogens is 3. The van der Waals surface area contributed by atoms with Crippen LogP contribution in [0.15, 0.2) is 60.3 Å². The summed E-state index contributed by atoms with van der Waals surface area (Å²) in [5.74, 6) is 1.18. The van der Waals surface area contributed by atoms with Gasteiger partial charge in [0.1, 0.15) is 31.4 Å². The first kappa shape index (κ1) is 24.1. The van der Waals surface area contributed by atoms with Crippen molar-refractivity contribution in [2.24, 2.45) is 0 Å². The van der Waals surface area contributed by atoms with Gasteiger partial charge in [0.2, 0.25) is 5.91 Å². The largest absolute Gasteiger partial charge is 0.486 e. The summed E-state index contributed by atoms with van der Waals surface area (Å²) < 4.78 is 31.4. The molecule has 12 heteroatoms. The summed E-state index contributed by atoms with van der Waals surface area (Å²) in [6.45, 7) is 5.11. The molecule has 0 saturated carbocycles. The number of thioether (sulfide) groups is 1. The Morgan fingerprint density at radius 2 is 1.91 bits per heavy atom. The maximum absolute atomic E-state index is 13.1. The first-order chi connectivity index (χ1) is 17.0. The number of rotatable bonds is 9. The zero-order valence-electron chi connectivity index (χ0n) is 18.5. The predicted octanol–water partition coefficient (Wildman–Crippen LogP) is 3.39. The highest BCUT2D eigenvalue weighted by atomic mass is 32.2. The molecule has 0 atom stereocenters. The number of amides is 3. The molecule has 0 fully saturated rings. The van der Waals surface area contributed by atoms with Gasteiger partial charge in [-0.15, -0.1) is 16.8 Å². The second kappa shape index (κ2) is 11.4. The average molecular weight is 500 g/mol. The number of fused-ring (bicyclic) bond motifs is 1. The number of anilines is 1. The number of nitrogens with zero attached hydrogens (tertiary/aromatic N) is 3. The highest BCUT2D eigenvalue weighted by Gasteiger charge is 2.17. The van der Waals surface area contributed by atoms with E-state index in [4.69, 9.17) is 14.2 Å². The Labute approximate surface area is 204 Å². The molecule has 1 aliphatic rings. The molecule has 35 heavy (non-hydrogen) atoms. The van der Waals surface area contributed by atoms with Crippen LogP contribution in [0.3, 0.4) is 0 Å². The molecule has 0 saturated heterocycles. The zero-order valence-corrected chi connectivity index (χ0v) is 19.3. The van der Waals surface area contributed by atoms with Gasteiger partial charge in [-0.3, -0.25) is 14.7 Å². The van der Waals surface area contributed by atoms with Crippen molar-refractivity contribution in [3.63, 3.8) is 0 Å². The van der Waals surface area contributed by atoms with E-state index < -0.39 is 11.9 Å². The molecule has 1 aromatic heterocycles. The van der Waals surface area contributed by atoms with Gasteiger partial charge < -0.3 is 19.5 Å². The molecule has 0 spiro atoms. The van der Waals surface area contributed by atoms with Gasteiger partial charge in [-0.25, -0.2) is 9.18 Å². The van der Waals surface area contributed by atoms with E-state index in [-0.39, 0.29) is 18.2 Å². The third-order valence-electron chi connectivity index (χ3n) is 4.67. The van der Waals surface area contributed by atoms with Crippen LogP contribution in [0.1, 0.15) is 5.82 Å². The maximum atomic E-state index is 13.1. The Morgan fingerprint density at radius 3 is 2.69 bits per heavy atom. The highest BCUT2D eigenvalue weighted by Crippen LogP contribution is 2.32. The van der Waals surface area contributed by atoms with Crippen molar-refractivity contribution in [1.29, 1.82) is 0 Å². The van der Waals surface area contributed by atoms with E-state index in [0.29, 0.717) is 53.7 Å². The van der Waals surface area contributed by atoms with Crippen LogP contribution in [0.25, 0.3) is 0 Å². The first-order valence-corrected chi connectivity index (χ1v) is 11.5. The predicted molar refractivity (Wildman–Crippen MR) is 126 cm³/mol. The number of allylic oxidation sites excluding steroid dienone is 1. The molecule has 10 nitrogen and oxygen atoms in total. The van der Waals surface area contributed by atoms with Crippen molar-refractivity contribution in [3.05, 3.63) is 66.8 Å². The van der Waals surface area contributed by atoms with Crippen LogP contribution >= 0.6 is 11.8 Å². The lowest BCUT2D eigenvalue weighted by Crippen LogP contribution is -2.35. The number of carbonyl (C=O) groups excluding carboxylic acids is 2. The Balaban J connectivity index is 1.29. The van der Waals surface area contributed by atoms with Crippen LogP contribution in [-0.2, 0) is 17.9 Å². The number of imide groups is 1. The molecule has 2 heterocycles. The van der Waals surface area contributed by atoms with E-state index in [1.807, 2.05) is 0 Å². The van der Waals surface area contributed by atoms with Gasteiger partial charge in [0.25, 0.3) is 0 Å². The minimum Gasteiger partial charge on any atom is -0.486 e. The molecule has 1 aliphatic heterocycles. The van der Waals surface area contributed by atoms with Crippen molar-refractivity contribution < 1.29 is 28.2 Å². The summed E-state index contributed by atoms with van der Waals surface area (Å²) >= 11 is 1.11. The number of hydrogen-bond acceptors (Lipinski definition) is 8. The summed E-state index contributed by atoms with van der Waals surface area (Å²) in [6, 6.07) is 9.92. The van der Waals surface area contributed by atoms with Crippen molar-refractivity contribution in [3.8, 4) is 17.2 Å². The molecule has 3 amide bonds. The van der Waals surface area contributed by atoms with Crippen LogP contribution in [0.2, 0.25) is 0 Å². The zero-order chi connectivity index (χ0) is 24.6. The van der Waals surface area contributed by atoms with E-state index in [9.17, 15) is 14.0 Å². The minimum absolute atomic E-state index is 0.0668. The fourth-order valence-corrected chi connectivity index (χ4v) is 3.87. The fraction of sp³-hybridized carbons (Fsp3) is 0.217. The van der Waals surface area contributed by atoms with Crippen LogP contribution in [0.5, 0.6) is 17.2 Å². The van der Waals surface area contributed by atoms with E-state index in [0.717, 1.165) is 11.8 Å². The van der Waals surface area contributed by atoms with Gasteiger partial charge in [0.15, 0.2) is 22.5 Å². The Morgan fingerprint density at radius 1 is 1.14 bits per heavy atom. The lowest BCUT2D eigenvalue weighted by atomic mass is 10.2. The van der Waals surface area contributed by atoms with Gasteiger partial charge >= 0.3 is 6.03 Å². The topological polar surface area (TPSA) is 117 Å². The summed E-state index contributed by atoms with van der Waals surface area (Å²) in [4.78, 5) is 24.5. The number of carbonyl (C=O) groups is 2. The minimum atomic E-state index is -0.673. The lowest BCUT2D eigenvalue weighted by molar-refractivity contribution is -0.117. The number of urea groups is 1. The molecule has 0 radical (unpaired) electrons. The van der Waals surface area contributed by atoms with Crippen LogP contribution in [0.4, 0.5) is 14.9 Å². The Hall–Kier alpha value is -4.06. The van der Waals surface area contributed by atoms with Crippen LogP contribution in [0, 0.1) is 5.82 Å². The lowest BCUT2D eigenvalue weighted by Gasteiger charge is -2.19. The standard InChI is InChI=1S/C23H22FN5O5S/c1-2-9-29-20(13-34-17-6-3-15(24)4-7-17)27-28-23(29)35-14-21(30)26-22(31)25-16-5-8-18-19(12-16)33-11-10-32-18/h2-8,12H,1,9-11,13-14H2,(H2,25,26,30,31). The van der Waals surface area contributed by atoms with Gasteiger partial charge in [-0.05, 0) is 36.4 Å². The van der Waals surface area contributed by atoms with E-state index in [1.165, 1.54) is 24.3 Å². The molecule has 182 valence electrons. The second-order valence-electron chi connectivity index (χ2n) is 7.19. The molecule has 0 bridgehead atoms. The fourth-order valence-electron chi connectivity index (χ4n) is 3.10. The molecule has 3 aromatic rings. The van der Waals surface area contributed by atoms with Crippen LogP contribution in [-0.4, -0.2) is 45.7 Å². The normalized spacial score (nSPS) is 12.0. The summed E-state index contributed by atoms with van der Waals surface area (Å²) in [7, 11) is 0. The molecule has 4 rings (SSSR count). The van der Waals surface area contributed by atoms with E-state index in [1.54, 1.807) is 28.8 Å². The summed E-state index contributed by atoms with van der Waals surface area (Å²) in [5.41, 5.74) is 0.462. The third kappa shape index (κ3) is 6.51. The van der Waals surface area contributed by atoms with Gasteiger partial charge in [0.05, 0.1) is 5.75 Å². The Kier molecular flexibility index (Phi) is 7.83. The van der Waals surface area contributed by atoms with E-state index >= 15 is 0 Å². The molecular weight excluding hydrogens is 477 g/mol. The van der Waals surface area contributed by atoms with Crippen molar-refractivity contribution in [1.82, 2.24) is 20.1 Å². The second-order valence-corrected chi connectivity index (χ2v) is 8.13. The first-order valence-electron chi connectivity index (χ1n) is 10.6. The smallest absolute Gasteiger partial charge is 0.325 e. The number of hydrogen-bond donors (Lipinski definition) is 2. The van der Waals surface area contributed by atoms with Crippen molar-refractivity contribution in [2.45, 2.75) is 18.3 Å². The maximum Gasteiger partial charge on any atom is 0.325 e. The highest BCUT2D eigenvalue weighted by molar-refractivity contribution is 7.99. The number of benzene rings is 2. The quantitative estimate of drug-likeness (QED) is 0.340. The molecule has 2 aromatic carbocycles. The number of halogens is 1. The summed E-state index contributed by atoms with van der Waals surface area (Å²) in [6.07, 6.45) is 1.66. The molecule has 2 N–H and O–H groups in total. The summed E-state index contributed by atoms with van der Waals surface area (Å²) in [5, 5.41) is 13.5. The van der Waals surface area contributed by atoms with Crippen molar-refractivity contribution in [2.75, 3.05) is 24.3 Å². The molecule has 0 aliphatic carbocycles. The number of ether oxygens (including phenoxy) is 3. The average Bonchev–Trinajstić information content (AvgIpc) is 3.24. The monoisotopic (exact) mass is 499 g/mol. The Bertz CT molecular complexity index is 1220. The van der Waals surface area contributed by atoms with Crippen LogP contribution < -0.4 is 24.8 Å². The van der Waals surface area contributed by atoms with Gasteiger partial charge in [0, 0.05) is 18.3 Å². The van der Waals surface area contributed by atoms with Gasteiger partial charge in [-0.2, -0.15) is 0 Å². The molecular formula is C23H22FN5O5S. The van der Waals surface area contributed by atoms with Crippen molar-refractivity contribution >= 4 is 29.4 Å². The van der Waals surface area contributed by atoms with E-state index in [2.05, 4.69) is 27.4 Å².